The molecule has 1 aliphatic rings. The van der Waals surface area contributed by atoms with Crippen molar-refractivity contribution in [3.8, 4) is 5.75 Å². The van der Waals surface area contributed by atoms with Crippen molar-refractivity contribution in [3.63, 3.8) is 0 Å². The van der Waals surface area contributed by atoms with E-state index in [0.717, 1.165) is 44.7 Å². The van der Waals surface area contributed by atoms with Crippen molar-refractivity contribution in [2.75, 3.05) is 24.6 Å². The van der Waals surface area contributed by atoms with Gasteiger partial charge < -0.3 is 15.4 Å². The van der Waals surface area contributed by atoms with Gasteiger partial charge in [-0.25, -0.2) is 0 Å². The summed E-state index contributed by atoms with van der Waals surface area (Å²) in [7, 11) is 0. The molecule has 0 spiro atoms. The predicted octanol–water partition coefficient (Wildman–Crippen LogP) is 3.10. The molecule has 0 bridgehead atoms. The fourth-order valence-corrected chi connectivity index (χ4v) is 2.46. The summed E-state index contributed by atoms with van der Waals surface area (Å²) in [6.07, 6.45) is 4.42. The highest BCUT2D eigenvalue weighted by Crippen LogP contribution is 2.31. The Morgan fingerprint density at radius 3 is 2.74 bits per heavy atom. The Bertz CT molecular complexity index is 398. The number of rotatable bonds is 5. The minimum Gasteiger partial charge on any atom is -0.491 e. The molecule has 0 atom stereocenters. The van der Waals surface area contributed by atoms with Gasteiger partial charge in [0.2, 0.25) is 0 Å². The Labute approximate surface area is 116 Å². The number of ether oxygens (including phenoxy) is 1. The molecule has 1 aromatic carbocycles. The average Bonchev–Trinajstić information content (AvgIpc) is 2.41. The van der Waals surface area contributed by atoms with Crippen LogP contribution < -0.4 is 15.4 Å². The molecule has 1 heterocycles. The molecule has 0 radical (unpaired) electrons. The van der Waals surface area contributed by atoms with Gasteiger partial charge in [0.15, 0.2) is 0 Å². The van der Waals surface area contributed by atoms with Gasteiger partial charge in [0.25, 0.3) is 0 Å². The largest absolute Gasteiger partial charge is 0.491 e. The summed E-state index contributed by atoms with van der Waals surface area (Å²) in [6, 6.07) is 6.83. The highest BCUT2D eigenvalue weighted by atomic mass is 16.5. The SMILES string of the molecule is CCCCOc1ccc(C)cc1N1CCC(N)CC1. The molecular formula is C16H26N2O. The number of benzene rings is 1. The normalized spacial score (nSPS) is 16.7. The fraction of sp³-hybridized carbons (Fsp3) is 0.625. The Morgan fingerprint density at radius 2 is 2.05 bits per heavy atom. The maximum Gasteiger partial charge on any atom is 0.142 e. The van der Waals surface area contributed by atoms with Crippen LogP contribution in [0.2, 0.25) is 0 Å². The van der Waals surface area contributed by atoms with Crippen molar-refractivity contribution in [1.29, 1.82) is 0 Å². The molecular weight excluding hydrogens is 236 g/mol. The van der Waals surface area contributed by atoms with E-state index in [2.05, 4.69) is 36.9 Å². The maximum atomic E-state index is 5.98. The molecule has 1 aliphatic heterocycles. The lowest BCUT2D eigenvalue weighted by Crippen LogP contribution is -2.39. The predicted molar refractivity (Wildman–Crippen MR) is 81.0 cm³/mol. The summed E-state index contributed by atoms with van der Waals surface area (Å²) in [5, 5.41) is 0. The smallest absolute Gasteiger partial charge is 0.142 e. The van der Waals surface area contributed by atoms with E-state index in [-0.39, 0.29) is 0 Å². The van der Waals surface area contributed by atoms with Crippen LogP contribution >= 0.6 is 0 Å². The Morgan fingerprint density at radius 1 is 1.32 bits per heavy atom. The maximum absolute atomic E-state index is 5.98. The van der Waals surface area contributed by atoms with Crippen LogP contribution in [0.1, 0.15) is 38.2 Å². The first-order valence-electron chi connectivity index (χ1n) is 7.44. The van der Waals surface area contributed by atoms with Gasteiger partial charge in [-0.1, -0.05) is 19.4 Å². The molecule has 106 valence electrons. The minimum absolute atomic E-state index is 0.366. The lowest BCUT2D eigenvalue weighted by atomic mass is 10.0. The Balaban J connectivity index is 2.10. The Kier molecular flexibility index (Phi) is 5.08. The van der Waals surface area contributed by atoms with E-state index in [4.69, 9.17) is 10.5 Å². The van der Waals surface area contributed by atoms with E-state index < -0.39 is 0 Å². The van der Waals surface area contributed by atoms with Crippen LogP contribution in [0.25, 0.3) is 0 Å². The molecule has 2 rings (SSSR count). The lowest BCUT2D eigenvalue weighted by Gasteiger charge is -2.33. The zero-order valence-corrected chi connectivity index (χ0v) is 12.2. The standard InChI is InChI=1S/C16H26N2O/c1-3-4-11-19-16-6-5-13(2)12-15(16)18-9-7-14(17)8-10-18/h5-6,12,14H,3-4,7-11,17H2,1-2H3. The van der Waals surface area contributed by atoms with Gasteiger partial charge in [0.1, 0.15) is 5.75 Å². The summed E-state index contributed by atoms with van der Waals surface area (Å²) in [5.74, 6) is 1.02. The summed E-state index contributed by atoms with van der Waals surface area (Å²) < 4.78 is 5.94. The van der Waals surface area contributed by atoms with Gasteiger partial charge in [-0.3, -0.25) is 0 Å². The quantitative estimate of drug-likeness (QED) is 0.829. The zero-order valence-electron chi connectivity index (χ0n) is 12.2. The third kappa shape index (κ3) is 3.87. The van der Waals surface area contributed by atoms with Crippen molar-refractivity contribution in [1.82, 2.24) is 0 Å². The van der Waals surface area contributed by atoms with Crippen LogP contribution in [0.15, 0.2) is 18.2 Å². The van der Waals surface area contributed by atoms with E-state index in [1.165, 1.54) is 17.7 Å². The lowest BCUT2D eigenvalue weighted by molar-refractivity contribution is 0.309. The van der Waals surface area contributed by atoms with Crippen LogP contribution in [0.4, 0.5) is 5.69 Å². The summed E-state index contributed by atoms with van der Waals surface area (Å²) in [6.45, 7) is 7.20. The zero-order chi connectivity index (χ0) is 13.7. The van der Waals surface area contributed by atoms with Gasteiger partial charge in [-0.15, -0.1) is 0 Å². The molecule has 3 nitrogen and oxygen atoms in total. The summed E-state index contributed by atoms with van der Waals surface area (Å²) in [5.41, 5.74) is 8.51. The molecule has 0 aromatic heterocycles. The molecule has 1 saturated heterocycles. The van der Waals surface area contributed by atoms with Gasteiger partial charge in [0.05, 0.1) is 12.3 Å². The number of piperidine rings is 1. The number of hydrogen-bond donors (Lipinski definition) is 1. The number of anilines is 1. The van der Waals surface area contributed by atoms with Crippen LogP contribution in [-0.2, 0) is 0 Å². The highest BCUT2D eigenvalue weighted by Gasteiger charge is 2.19. The summed E-state index contributed by atoms with van der Waals surface area (Å²) in [4.78, 5) is 2.41. The second-order valence-corrected chi connectivity index (χ2v) is 5.50. The molecule has 0 aliphatic carbocycles. The van der Waals surface area contributed by atoms with Gasteiger partial charge in [0, 0.05) is 19.1 Å². The number of nitrogens with two attached hydrogens (primary N) is 1. The first-order valence-corrected chi connectivity index (χ1v) is 7.44. The van der Waals surface area contributed by atoms with Crippen molar-refractivity contribution in [2.45, 2.75) is 45.6 Å². The molecule has 2 N–H and O–H groups in total. The number of aryl methyl sites for hydroxylation is 1. The average molecular weight is 262 g/mol. The van der Waals surface area contributed by atoms with E-state index in [0.29, 0.717) is 6.04 Å². The first kappa shape index (κ1) is 14.2. The molecule has 19 heavy (non-hydrogen) atoms. The molecule has 0 saturated carbocycles. The second kappa shape index (κ2) is 6.80. The van der Waals surface area contributed by atoms with Crippen LogP contribution in [-0.4, -0.2) is 25.7 Å². The second-order valence-electron chi connectivity index (χ2n) is 5.50. The first-order chi connectivity index (χ1) is 9.20. The monoisotopic (exact) mass is 262 g/mol. The van der Waals surface area contributed by atoms with Gasteiger partial charge >= 0.3 is 0 Å². The van der Waals surface area contributed by atoms with Crippen molar-refractivity contribution >= 4 is 5.69 Å². The third-order valence-electron chi connectivity index (χ3n) is 3.75. The van der Waals surface area contributed by atoms with Gasteiger partial charge in [-0.2, -0.15) is 0 Å². The van der Waals surface area contributed by atoms with E-state index in [9.17, 15) is 0 Å². The van der Waals surface area contributed by atoms with Crippen LogP contribution in [0.5, 0.6) is 5.75 Å². The molecule has 0 amide bonds. The summed E-state index contributed by atoms with van der Waals surface area (Å²) >= 11 is 0. The third-order valence-corrected chi connectivity index (χ3v) is 3.75. The van der Waals surface area contributed by atoms with E-state index >= 15 is 0 Å². The van der Waals surface area contributed by atoms with Crippen LogP contribution in [0.3, 0.4) is 0 Å². The van der Waals surface area contributed by atoms with Crippen molar-refractivity contribution < 1.29 is 4.74 Å². The van der Waals surface area contributed by atoms with Crippen LogP contribution in [0, 0.1) is 6.92 Å². The Hall–Kier alpha value is -1.22. The topological polar surface area (TPSA) is 38.5 Å². The number of hydrogen-bond acceptors (Lipinski definition) is 3. The molecule has 3 heteroatoms. The van der Waals surface area contributed by atoms with Crippen molar-refractivity contribution in [2.24, 2.45) is 5.73 Å². The van der Waals surface area contributed by atoms with Crippen molar-refractivity contribution in [3.05, 3.63) is 23.8 Å². The minimum atomic E-state index is 0.366. The van der Waals surface area contributed by atoms with Gasteiger partial charge in [-0.05, 0) is 43.9 Å². The highest BCUT2D eigenvalue weighted by molar-refractivity contribution is 5.60. The molecule has 0 unspecified atom stereocenters. The van der Waals surface area contributed by atoms with E-state index in [1.807, 2.05) is 0 Å². The van der Waals surface area contributed by atoms with E-state index in [1.54, 1.807) is 0 Å². The number of unbranched alkanes of at least 4 members (excludes halogenated alkanes) is 1. The molecule has 1 aromatic rings. The number of nitrogens with zero attached hydrogens (tertiary/aromatic N) is 1. The molecule has 1 fully saturated rings. The fourth-order valence-electron chi connectivity index (χ4n) is 2.46.